The van der Waals surface area contributed by atoms with Crippen LogP contribution in [0.3, 0.4) is 0 Å². The third kappa shape index (κ3) is 20.8. The molecule has 0 aromatic carbocycles. The highest BCUT2D eigenvalue weighted by Gasteiger charge is 2.29. The molecule has 0 aromatic heterocycles. The fourth-order valence-electron chi connectivity index (χ4n) is 3.14. The largest absolute Gasteiger partial charge is 0.466 e. The van der Waals surface area contributed by atoms with Gasteiger partial charge in [-0.3, -0.25) is 4.79 Å². The minimum absolute atomic E-state index is 0.0258. The van der Waals surface area contributed by atoms with Crippen molar-refractivity contribution in [3.63, 3.8) is 0 Å². The van der Waals surface area contributed by atoms with Crippen LogP contribution in [0, 0.1) is 0 Å². The molecule has 0 rings (SSSR count). The molecule has 8 heteroatoms. The van der Waals surface area contributed by atoms with Crippen LogP contribution in [0.5, 0.6) is 0 Å². The summed E-state index contributed by atoms with van der Waals surface area (Å²) in [6.45, 7) is 3.88. The van der Waals surface area contributed by atoms with Crippen molar-refractivity contribution >= 4 is 12.3 Å². The van der Waals surface area contributed by atoms with Crippen LogP contribution in [-0.4, -0.2) is 75.4 Å². The number of aldehydes is 1. The van der Waals surface area contributed by atoms with Crippen LogP contribution in [0.1, 0.15) is 104 Å². The van der Waals surface area contributed by atoms with E-state index in [0.29, 0.717) is 13.0 Å². The van der Waals surface area contributed by atoms with Crippen molar-refractivity contribution in [3.05, 3.63) is 0 Å². The molecule has 0 aliphatic rings. The molecule has 192 valence electrons. The zero-order valence-electron chi connectivity index (χ0n) is 20.2. The number of aliphatic hydroxyl groups is 5. The molecule has 0 aliphatic carbocycles. The van der Waals surface area contributed by atoms with Crippen LogP contribution >= 0.6 is 0 Å². The van der Waals surface area contributed by atoms with E-state index < -0.39 is 31.0 Å². The Morgan fingerprint density at radius 3 is 1.56 bits per heavy atom. The van der Waals surface area contributed by atoms with Gasteiger partial charge in [0.2, 0.25) is 0 Å². The fraction of sp³-hybridized carbons (Fsp3) is 0.917. The van der Waals surface area contributed by atoms with E-state index >= 15 is 0 Å². The first-order valence-corrected chi connectivity index (χ1v) is 12.3. The zero-order valence-corrected chi connectivity index (χ0v) is 20.2. The van der Waals surface area contributed by atoms with E-state index in [1.54, 1.807) is 0 Å². The van der Waals surface area contributed by atoms with Crippen LogP contribution in [0.25, 0.3) is 0 Å². The number of aliphatic hydroxyl groups excluding tert-OH is 5. The summed E-state index contributed by atoms with van der Waals surface area (Å²) in [5.41, 5.74) is 0. The Hall–Kier alpha value is -1.06. The number of hydrogen-bond donors (Lipinski definition) is 5. The monoisotopic (exact) mass is 464 g/mol. The lowest BCUT2D eigenvalue weighted by atomic mass is 10.0. The van der Waals surface area contributed by atoms with Crippen molar-refractivity contribution in [2.24, 2.45) is 0 Å². The smallest absolute Gasteiger partial charge is 0.305 e. The van der Waals surface area contributed by atoms with Gasteiger partial charge in [0.1, 0.15) is 24.4 Å². The Kier molecular flexibility index (Phi) is 25.4. The standard InChI is InChI=1S/C18H36O2.C6H12O6/c1-3-5-6-7-8-9-10-11-12-13-14-15-16-17-18(19)20-4-2;7-1-3(9)5(11)6(12)4(10)2-8/h3-17H2,1-2H3;1,3-6,8-12H,2H2/t;3-,4+,5+,6+/m.0/s1. The van der Waals surface area contributed by atoms with Gasteiger partial charge >= 0.3 is 5.97 Å². The van der Waals surface area contributed by atoms with Crippen molar-refractivity contribution < 1.29 is 39.9 Å². The Bertz CT molecular complexity index is 419. The zero-order chi connectivity index (χ0) is 24.6. The van der Waals surface area contributed by atoms with Crippen LogP contribution < -0.4 is 0 Å². The number of esters is 1. The molecule has 4 atom stereocenters. The lowest BCUT2D eigenvalue weighted by molar-refractivity contribution is -0.143. The van der Waals surface area contributed by atoms with Gasteiger partial charge in [-0.1, -0.05) is 84.0 Å². The van der Waals surface area contributed by atoms with E-state index in [4.69, 9.17) is 30.3 Å². The van der Waals surface area contributed by atoms with Gasteiger partial charge in [0.25, 0.3) is 0 Å². The molecule has 32 heavy (non-hydrogen) atoms. The number of ether oxygens (including phenoxy) is 1. The summed E-state index contributed by atoms with van der Waals surface area (Å²) in [5, 5.41) is 43.5. The van der Waals surface area contributed by atoms with Gasteiger partial charge in [-0.25, -0.2) is 0 Å². The van der Waals surface area contributed by atoms with Gasteiger partial charge < -0.3 is 35.1 Å². The average Bonchev–Trinajstić information content (AvgIpc) is 2.80. The molecule has 0 saturated heterocycles. The summed E-state index contributed by atoms with van der Waals surface area (Å²) in [6.07, 6.45) is 11.2. The molecule has 0 amide bonds. The van der Waals surface area contributed by atoms with Crippen molar-refractivity contribution in [1.82, 2.24) is 0 Å². The molecule has 8 nitrogen and oxygen atoms in total. The summed E-state index contributed by atoms with van der Waals surface area (Å²) < 4.78 is 4.91. The molecule has 0 radical (unpaired) electrons. The predicted molar refractivity (Wildman–Crippen MR) is 124 cm³/mol. The van der Waals surface area contributed by atoms with Crippen molar-refractivity contribution in [2.45, 2.75) is 128 Å². The number of unbranched alkanes of at least 4 members (excludes halogenated alkanes) is 12. The Morgan fingerprint density at radius 1 is 0.750 bits per heavy atom. The molecule has 0 aliphatic heterocycles. The fourth-order valence-corrected chi connectivity index (χ4v) is 3.14. The van der Waals surface area contributed by atoms with E-state index in [0.717, 1.165) is 6.42 Å². The van der Waals surface area contributed by atoms with E-state index in [2.05, 4.69) is 6.92 Å². The van der Waals surface area contributed by atoms with E-state index in [1.165, 1.54) is 77.0 Å². The first-order chi connectivity index (χ1) is 15.3. The highest BCUT2D eigenvalue weighted by molar-refractivity contribution is 5.69. The van der Waals surface area contributed by atoms with Crippen LogP contribution in [0.4, 0.5) is 0 Å². The molecule has 0 bridgehead atoms. The van der Waals surface area contributed by atoms with Gasteiger partial charge in [-0.2, -0.15) is 0 Å². The molecule has 0 aromatic rings. The van der Waals surface area contributed by atoms with Gasteiger partial charge in [-0.05, 0) is 13.3 Å². The third-order valence-electron chi connectivity index (χ3n) is 5.21. The molecular formula is C24H48O8. The molecular weight excluding hydrogens is 416 g/mol. The molecule has 0 unspecified atom stereocenters. The first kappa shape index (κ1) is 33.1. The molecule has 0 spiro atoms. The number of carbonyl (C=O) groups excluding carboxylic acids is 2. The van der Waals surface area contributed by atoms with Crippen molar-refractivity contribution in [1.29, 1.82) is 0 Å². The summed E-state index contributed by atoms with van der Waals surface area (Å²) in [4.78, 5) is 21.0. The third-order valence-corrected chi connectivity index (χ3v) is 5.21. The minimum Gasteiger partial charge on any atom is -0.466 e. The maximum absolute atomic E-state index is 11.1. The SMILES string of the molecule is CCCCCCCCCCCCCCCC(=O)OCC.O=C[C@H](O)[C@@H](O)[C@H](O)[C@H](O)CO. The molecule has 0 saturated carbocycles. The number of carbonyl (C=O) groups is 2. The lowest BCUT2D eigenvalue weighted by Gasteiger charge is -2.22. The average molecular weight is 465 g/mol. The summed E-state index contributed by atoms with van der Waals surface area (Å²) in [7, 11) is 0. The second-order valence-corrected chi connectivity index (χ2v) is 8.16. The molecule has 0 fully saturated rings. The topological polar surface area (TPSA) is 145 Å². The molecule has 0 heterocycles. The van der Waals surface area contributed by atoms with E-state index in [-0.39, 0.29) is 12.3 Å². The van der Waals surface area contributed by atoms with Crippen LogP contribution in [-0.2, 0) is 14.3 Å². The van der Waals surface area contributed by atoms with Crippen molar-refractivity contribution in [2.75, 3.05) is 13.2 Å². The van der Waals surface area contributed by atoms with Gasteiger partial charge in [0.05, 0.1) is 13.2 Å². The molecule has 5 N–H and O–H groups in total. The quantitative estimate of drug-likeness (QED) is 0.105. The minimum atomic E-state index is -1.79. The Morgan fingerprint density at radius 2 is 1.19 bits per heavy atom. The maximum Gasteiger partial charge on any atom is 0.305 e. The first-order valence-electron chi connectivity index (χ1n) is 12.3. The summed E-state index contributed by atoms with van der Waals surface area (Å²) in [6, 6.07) is 0. The highest BCUT2D eigenvalue weighted by Crippen LogP contribution is 2.13. The van der Waals surface area contributed by atoms with Crippen LogP contribution in [0.15, 0.2) is 0 Å². The van der Waals surface area contributed by atoms with Crippen molar-refractivity contribution in [3.8, 4) is 0 Å². The lowest BCUT2D eigenvalue weighted by Crippen LogP contribution is -2.46. The highest BCUT2D eigenvalue weighted by atomic mass is 16.5. The number of hydrogen-bond acceptors (Lipinski definition) is 8. The second kappa shape index (κ2) is 24.6. The second-order valence-electron chi connectivity index (χ2n) is 8.16. The normalized spacial score (nSPS) is 14.6. The Labute approximate surface area is 194 Å². The maximum atomic E-state index is 11.1. The van der Waals surface area contributed by atoms with E-state index in [9.17, 15) is 9.59 Å². The Balaban J connectivity index is 0. The van der Waals surface area contributed by atoms with E-state index in [1.807, 2.05) is 6.92 Å². The van der Waals surface area contributed by atoms with Gasteiger partial charge in [0, 0.05) is 6.42 Å². The van der Waals surface area contributed by atoms with Gasteiger partial charge in [0.15, 0.2) is 6.29 Å². The summed E-state index contributed by atoms with van der Waals surface area (Å²) in [5.74, 6) is -0.0319. The predicted octanol–water partition coefficient (Wildman–Crippen LogP) is 2.65. The number of rotatable bonds is 20. The van der Waals surface area contributed by atoms with Crippen LogP contribution in [0.2, 0.25) is 0 Å². The van der Waals surface area contributed by atoms with Gasteiger partial charge in [-0.15, -0.1) is 0 Å². The summed E-state index contributed by atoms with van der Waals surface area (Å²) >= 11 is 0.